The van der Waals surface area contributed by atoms with Crippen LogP contribution < -0.4 is 5.32 Å². The fraction of sp³-hybridized carbons (Fsp3) is 0.444. The maximum Gasteiger partial charge on any atom is 0.257 e. The fourth-order valence-electron chi connectivity index (χ4n) is 3.36. The minimum atomic E-state index is -0.159. The number of hydrogen-bond acceptors (Lipinski definition) is 4. The van der Waals surface area contributed by atoms with Gasteiger partial charge in [0.15, 0.2) is 5.13 Å². The smallest absolute Gasteiger partial charge is 0.257 e. The number of thiazole rings is 1. The van der Waals surface area contributed by atoms with Crippen molar-refractivity contribution >= 4 is 34.0 Å². The van der Waals surface area contributed by atoms with E-state index < -0.39 is 0 Å². The highest BCUT2D eigenvalue weighted by Crippen LogP contribution is 2.24. The number of benzene rings is 1. The minimum absolute atomic E-state index is 0.159. The van der Waals surface area contributed by atoms with Gasteiger partial charge in [0.25, 0.3) is 5.91 Å². The second kappa shape index (κ2) is 7.64. The molecule has 0 saturated carbocycles. The lowest BCUT2D eigenvalue weighted by Crippen LogP contribution is -2.38. The summed E-state index contributed by atoms with van der Waals surface area (Å²) in [6.45, 7) is 7.70. The van der Waals surface area contributed by atoms with Crippen LogP contribution in [-0.4, -0.2) is 28.9 Å². The third-order valence-corrected chi connectivity index (χ3v) is 5.27. The van der Waals surface area contributed by atoms with Crippen molar-refractivity contribution in [2.24, 2.45) is 11.8 Å². The summed E-state index contributed by atoms with van der Waals surface area (Å²) in [6, 6.07) is 6.84. The molecule has 0 bridgehead atoms. The van der Waals surface area contributed by atoms with E-state index >= 15 is 0 Å². The Morgan fingerprint density at radius 2 is 1.96 bits per heavy atom. The van der Waals surface area contributed by atoms with Gasteiger partial charge in [0.1, 0.15) is 0 Å². The van der Waals surface area contributed by atoms with Crippen LogP contribution in [0, 0.1) is 11.8 Å². The van der Waals surface area contributed by atoms with Crippen LogP contribution in [0.15, 0.2) is 29.6 Å². The number of nitrogens with one attached hydrogen (secondary N) is 1. The number of likely N-dealkylation sites (tertiary alicyclic amines) is 1. The van der Waals surface area contributed by atoms with Gasteiger partial charge in [-0.05, 0) is 42.5 Å². The van der Waals surface area contributed by atoms with Crippen molar-refractivity contribution in [3.8, 4) is 0 Å². The van der Waals surface area contributed by atoms with Gasteiger partial charge in [0, 0.05) is 35.6 Å². The van der Waals surface area contributed by atoms with E-state index in [0.29, 0.717) is 15.7 Å². The number of rotatable bonds is 4. The Morgan fingerprint density at radius 3 is 2.62 bits per heavy atom. The largest absolute Gasteiger partial charge is 0.298 e. The first-order chi connectivity index (χ1) is 11.5. The van der Waals surface area contributed by atoms with Gasteiger partial charge in [-0.2, -0.15) is 0 Å². The summed E-state index contributed by atoms with van der Waals surface area (Å²) in [5.74, 6) is 1.31. The summed E-state index contributed by atoms with van der Waals surface area (Å²) in [5, 5.41) is 6.15. The van der Waals surface area contributed by atoms with E-state index in [9.17, 15) is 4.79 Å². The Bertz CT molecular complexity index is 691. The Morgan fingerprint density at radius 1 is 1.29 bits per heavy atom. The van der Waals surface area contributed by atoms with E-state index in [2.05, 4.69) is 29.0 Å². The van der Waals surface area contributed by atoms with Gasteiger partial charge in [0.2, 0.25) is 0 Å². The van der Waals surface area contributed by atoms with Crippen molar-refractivity contribution in [1.29, 1.82) is 0 Å². The Labute approximate surface area is 151 Å². The van der Waals surface area contributed by atoms with Crippen LogP contribution in [0.4, 0.5) is 5.13 Å². The van der Waals surface area contributed by atoms with Crippen molar-refractivity contribution in [3.63, 3.8) is 0 Å². The molecule has 2 aromatic rings. The fourth-order valence-corrected chi connectivity index (χ4v) is 4.18. The molecule has 2 atom stereocenters. The number of carbonyl (C=O) groups is 1. The van der Waals surface area contributed by atoms with Gasteiger partial charge in [-0.3, -0.25) is 15.0 Å². The van der Waals surface area contributed by atoms with E-state index in [1.54, 1.807) is 24.3 Å². The standard InChI is InChI=1S/C18H22ClN3OS/c1-12-7-13(2)9-22(8-12)10-16-11-24-18(20-16)21-17(23)14-3-5-15(19)6-4-14/h3-6,11-13H,7-10H2,1-2H3,(H,20,21,23)/t12-,13-/m1/s1. The SMILES string of the molecule is C[C@@H]1C[C@@H](C)CN(Cc2csc(NC(=O)c3ccc(Cl)cc3)n2)C1. The lowest BCUT2D eigenvalue weighted by molar-refractivity contribution is 0.102. The van der Waals surface area contributed by atoms with E-state index in [-0.39, 0.29) is 5.91 Å². The average molecular weight is 364 g/mol. The first-order valence-electron chi connectivity index (χ1n) is 8.23. The van der Waals surface area contributed by atoms with Crippen LogP contribution in [0.25, 0.3) is 0 Å². The van der Waals surface area contributed by atoms with Gasteiger partial charge in [0.05, 0.1) is 5.69 Å². The molecule has 0 spiro atoms. The topological polar surface area (TPSA) is 45.2 Å². The first kappa shape index (κ1) is 17.4. The molecule has 1 aromatic heterocycles. The van der Waals surface area contributed by atoms with Crippen molar-refractivity contribution < 1.29 is 4.79 Å². The lowest BCUT2D eigenvalue weighted by atomic mass is 9.92. The lowest BCUT2D eigenvalue weighted by Gasteiger charge is -2.34. The molecule has 1 aliphatic heterocycles. The number of piperidine rings is 1. The molecule has 2 heterocycles. The van der Waals surface area contributed by atoms with Crippen LogP contribution >= 0.6 is 22.9 Å². The molecular weight excluding hydrogens is 342 g/mol. The van der Waals surface area contributed by atoms with E-state index in [1.165, 1.54) is 17.8 Å². The molecule has 0 radical (unpaired) electrons. The van der Waals surface area contributed by atoms with Crippen LogP contribution in [0.5, 0.6) is 0 Å². The highest BCUT2D eigenvalue weighted by Gasteiger charge is 2.22. The van der Waals surface area contributed by atoms with Crippen molar-refractivity contribution in [2.75, 3.05) is 18.4 Å². The zero-order valence-corrected chi connectivity index (χ0v) is 15.5. The number of nitrogens with zero attached hydrogens (tertiary/aromatic N) is 2. The summed E-state index contributed by atoms with van der Waals surface area (Å²) < 4.78 is 0. The molecule has 1 aromatic carbocycles. The quantitative estimate of drug-likeness (QED) is 0.868. The number of aromatic nitrogens is 1. The molecule has 4 nitrogen and oxygen atoms in total. The number of hydrogen-bond donors (Lipinski definition) is 1. The number of amides is 1. The molecule has 1 saturated heterocycles. The zero-order chi connectivity index (χ0) is 17.1. The predicted molar refractivity (Wildman–Crippen MR) is 99.7 cm³/mol. The van der Waals surface area contributed by atoms with Crippen molar-refractivity contribution in [1.82, 2.24) is 9.88 Å². The molecule has 0 aliphatic carbocycles. The molecule has 24 heavy (non-hydrogen) atoms. The van der Waals surface area contributed by atoms with E-state index in [0.717, 1.165) is 37.2 Å². The van der Waals surface area contributed by atoms with Crippen molar-refractivity contribution in [2.45, 2.75) is 26.8 Å². The van der Waals surface area contributed by atoms with Crippen molar-refractivity contribution in [3.05, 3.63) is 45.9 Å². The van der Waals surface area contributed by atoms with E-state index in [1.807, 2.05) is 5.38 Å². The summed E-state index contributed by atoms with van der Waals surface area (Å²) in [6.07, 6.45) is 1.30. The molecule has 1 fully saturated rings. The predicted octanol–water partition coefficient (Wildman–Crippen LogP) is 4.53. The monoisotopic (exact) mass is 363 g/mol. The molecule has 0 unspecified atom stereocenters. The molecule has 1 amide bonds. The number of halogens is 1. The Kier molecular flexibility index (Phi) is 5.54. The summed E-state index contributed by atoms with van der Waals surface area (Å²) in [4.78, 5) is 19.2. The van der Waals surface area contributed by atoms with Gasteiger partial charge >= 0.3 is 0 Å². The number of anilines is 1. The van der Waals surface area contributed by atoms with Gasteiger partial charge in [-0.25, -0.2) is 4.98 Å². The molecule has 1 N–H and O–H groups in total. The zero-order valence-electron chi connectivity index (χ0n) is 14.0. The molecule has 6 heteroatoms. The first-order valence-corrected chi connectivity index (χ1v) is 9.49. The molecule has 1 aliphatic rings. The maximum absolute atomic E-state index is 12.2. The van der Waals surface area contributed by atoms with Crippen LogP contribution in [-0.2, 0) is 6.54 Å². The minimum Gasteiger partial charge on any atom is -0.298 e. The number of carbonyl (C=O) groups excluding carboxylic acids is 1. The van der Waals surface area contributed by atoms with E-state index in [4.69, 9.17) is 11.6 Å². The third kappa shape index (κ3) is 4.56. The second-order valence-electron chi connectivity index (χ2n) is 6.75. The summed E-state index contributed by atoms with van der Waals surface area (Å²) in [7, 11) is 0. The Hall–Kier alpha value is -1.43. The highest BCUT2D eigenvalue weighted by atomic mass is 35.5. The van der Waals surface area contributed by atoms with Crippen LogP contribution in [0.1, 0.15) is 36.3 Å². The summed E-state index contributed by atoms with van der Waals surface area (Å²) >= 11 is 7.32. The summed E-state index contributed by atoms with van der Waals surface area (Å²) in [5.41, 5.74) is 1.60. The molecular formula is C18H22ClN3OS. The Balaban J connectivity index is 1.59. The average Bonchev–Trinajstić information content (AvgIpc) is 2.93. The second-order valence-corrected chi connectivity index (χ2v) is 8.04. The van der Waals surface area contributed by atoms with Gasteiger partial charge in [-0.1, -0.05) is 25.4 Å². The maximum atomic E-state index is 12.2. The van der Waals surface area contributed by atoms with Crippen LogP contribution in [0.2, 0.25) is 5.02 Å². The third-order valence-electron chi connectivity index (χ3n) is 4.21. The van der Waals surface area contributed by atoms with Gasteiger partial charge < -0.3 is 0 Å². The normalized spacial score (nSPS) is 21.6. The van der Waals surface area contributed by atoms with Crippen LogP contribution in [0.3, 0.4) is 0 Å². The molecule has 128 valence electrons. The highest BCUT2D eigenvalue weighted by molar-refractivity contribution is 7.13. The van der Waals surface area contributed by atoms with Gasteiger partial charge in [-0.15, -0.1) is 11.3 Å². The molecule has 3 rings (SSSR count).